The molecule has 16 heavy (non-hydrogen) atoms. The van der Waals surface area contributed by atoms with E-state index in [4.69, 9.17) is 4.74 Å². The number of ether oxygens (including phenoxy) is 1. The fourth-order valence-corrected chi connectivity index (χ4v) is 1.67. The van der Waals surface area contributed by atoms with Crippen LogP contribution in [0.2, 0.25) is 0 Å². The van der Waals surface area contributed by atoms with Gasteiger partial charge in [-0.05, 0) is 40.5 Å². The van der Waals surface area contributed by atoms with Crippen LogP contribution in [-0.4, -0.2) is 35.0 Å². The summed E-state index contributed by atoms with van der Waals surface area (Å²) in [5, 5.41) is 0. The number of likely N-dealkylation sites (tertiary alicyclic amines) is 1. The molecule has 0 spiro atoms. The van der Waals surface area contributed by atoms with E-state index in [1.165, 1.54) is 0 Å². The van der Waals surface area contributed by atoms with Crippen molar-refractivity contribution in [3.63, 3.8) is 0 Å². The molecule has 0 radical (unpaired) electrons. The average molecular weight is 227 g/mol. The van der Waals surface area contributed by atoms with Gasteiger partial charge in [0.25, 0.3) is 0 Å². The van der Waals surface area contributed by atoms with Crippen LogP contribution in [0.15, 0.2) is 0 Å². The van der Waals surface area contributed by atoms with Gasteiger partial charge in [-0.2, -0.15) is 0 Å². The third kappa shape index (κ3) is 3.83. The number of carbonyl (C=O) groups is 2. The van der Waals surface area contributed by atoms with Crippen LogP contribution in [0.4, 0.5) is 4.79 Å². The van der Waals surface area contributed by atoms with E-state index in [0.29, 0.717) is 6.42 Å². The fourth-order valence-electron chi connectivity index (χ4n) is 1.67. The molecule has 92 valence electrons. The van der Waals surface area contributed by atoms with Crippen molar-refractivity contribution in [2.45, 2.75) is 58.6 Å². The Morgan fingerprint density at radius 3 is 2.38 bits per heavy atom. The molecule has 1 aliphatic heterocycles. The Kier molecular flexibility index (Phi) is 3.94. The molecule has 0 saturated carbocycles. The Labute approximate surface area is 96.9 Å². The van der Waals surface area contributed by atoms with E-state index < -0.39 is 5.60 Å². The van der Waals surface area contributed by atoms with E-state index in [9.17, 15) is 9.59 Å². The van der Waals surface area contributed by atoms with Crippen LogP contribution < -0.4 is 0 Å². The molecule has 1 atom stereocenters. The average Bonchev–Trinajstić information content (AvgIpc) is 1.96. The Bertz CT molecular complexity index is 280. The summed E-state index contributed by atoms with van der Waals surface area (Å²) in [5.41, 5.74) is -0.447. The second-order valence-electron chi connectivity index (χ2n) is 5.36. The van der Waals surface area contributed by atoms with Crippen LogP contribution in [0.3, 0.4) is 0 Å². The number of hydrogen-bond donors (Lipinski definition) is 0. The van der Waals surface area contributed by atoms with Crippen LogP contribution in [-0.2, 0) is 9.53 Å². The van der Waals surface area contributed by atoms with E-state index in [-0.39, 0.29) is 17.9 Å². The van der Waals surface area contributed by atoms with Gasteiger partial charge in [-0.25, -0.2) is 4.79 Å². The van der Waals surface area contributed by atoms with Crippen LogP contribution in [0.25, 0.3) is 0 Å². The molecule has 1 aliphatic rings. The highest BCUT2D eigenvalue weighted by molar-refractivity contribution is 5.75. The van der Waals surface area contributed by atoms with Crippen molar-refractivity contribution in [3.05, 3.63) is 0 Å². The number of carbonyl (C=O) groups excluding carboxylic acids is 2. The van der Waals surface area contributed by atoms with Gasteiger partial charge >= 0.3 is 6.09 Å². The van der Waals surface area contributed by atoms with Gasteiger partial charge in [0.2, 0.25) is 0 Å². The SMILES string of the molecule is CC(=O)CCC1CCN1C(=O)OC(C)(C)C. The first-order valence-corrected chi connectivity index (χ1v) is 5.78. The zero-order valence-electron chi connectivity index (χ0n) is 10.6. The normalized spacial score (nSPS) is 20.2. The Morgan fingerprint density at radius 2 is 2.00 bits per heavy atom. The number of hydrogen-bond acceptors (Lipinski definition) is 3. The molecule has 0 aromatic carbocycles. The van der Waals surface area contributed by atoms with Crippen molar-refractivity contribution >= 4 is 11.9 Å². The summed E-state index contributed by atoms with van der Waals surface area (Å²) in [7, 11) is 0. The number of ketones is 1. The zero-order valence-corrected chi connectivity index (χ0v) is 10.6. The van der Waals surface area contributed by atoms with Crippen LogP contribution >= 0.6 is 0 Å². The van der Waals surface area contributed by atoms with Crippen molar-refractivity contribution in [2.24, 2.45) is 0 Å². The second kappa shape index (κ2) is 4.85. The molecule has 1 amide bonds. The molecule has 0 aromatic rings. The highest BCUT2D eigenvalue weighted by atomic mass is 16.6. The molecule has 0 aliphatic carbocycles. The van der Waals surface area contributed by atoms with Gasteiger partial charge in [0.05, 0.1) is 0 Å². The van der Waals surface area contributed by atoms with Crippen LogP contribution in [0.5, 0.6) is 0 Å². The van der Waals surface area contributed by atoms with E-state index in [2.05, 4.69) is 0 Å². The van der Waals surface area contributed by atoms with Gasteiger partial charge in [-0.1, -0.05) is 0 Å². The third-order valence-corrected chi connectivity index (χ3v) is 2.60. The Balaban J connectivity index is 2.37. The number of nitrogens with zero attached hydrogens (tertiary/aromatic N) is 1. The second-order valence-corrected chi connectivity index (χ2v) is 5.36. The lowest BCUT2D eigenvalue weighted by Crippen LogP contribution is -2.52. The molecule has 1 fully saturated rings. The first kappa shape index (κ1) is 13.0. The van der Waals surface area contributed by atoms with Crippen molar-refractivity contribution in [2.75, 3.05) is 6.54 Å². The smallest absolute Gasteiger partial charge is 0.410 e. The first-order chi connectivity index (χ1) is 7.29. The lowest BCUT2D eigenvalue weighted by atomic mass is 9.98. The van der Waals surface area contributed by atoms with E-state index in [0.717, 1.165) is 19.4 Å². The zero-order chi connectivity index (χ0) is 12.3. The number of amides is 1. The maximum atomic E-state index is 11.7. The maximum absolute atomic E-state index is 11.7. The molecule has 0 bridgehead atoms. The molecule has 1 unspecified atom stereocenters. The number of rotatable bonds is 3. The Morgan fingerprint density at radius 1 is 1.38 bits per heavy atom. The maximum Gasteiger partial charge on any atom is 0.410 e. The van der Waals surface area contributed by atoms with E-state index in [1.807, 2.05) is 20.8 Å². The van der Waals surface area contributed by atoms with Gasteiger partial charge in [-0.15, -0.1) is 0 Å². The summed E-state index contributed by atoms with van der Waals surface area (Å²) < 4.78 is 5.28. The molecule has 1 saturated heterocycles. The monoisotopic (exact) mass is 227 g/mol. The molecular weight excluding hydrogens is 206 g/mol. The summed E-state index contributed by atoms with van der Waals surface area (Å²) in [6.07, 6.45) is 2.03. The van der Waals surface area contributed by atoms with Crippen molar-refractivity contribution in [3.8, 4) is 0 Å². The summed E-state index contributed by atoms with van der Waals surface area (Å²) in [6, 6.07) is 0.193. The van der Waals surface area contributed by atoms with Crippen molar-refractivity contribution < 1.29 is 14.3 Å². The minimum atomic E-state index is -0.447. The van der Waals surface area contributed by atoms with Gasteiger partial charge in [0.1, 0.15) is 11.4 Å². The summed E-state index contributed by atoms with van der Waals surface area (Å²) >= 11 is 0. The highest BCUT2D eigenvalue weighted by Gasteiger charge is 2.34. The first-order valence-electron chi connectivity index (χ1n) is 5.78. The summed E-state index contributed by atoms with van der Waals surface area (Å²) in [4.78, 5) is 24.3. The number of Topliss-reactive ketones (excluding diaryl/α,β-unsaturated/α-hetero) is 1. The van der Waals surface area contributed by atoms with Gasteiger partial charge in [0, 0.05) is 19.0 Å². The molecule has 4 nitrogen and oxygen atoms in total. The molecule has 0 aromatic heterocycles. The third-order valence-electron chi connectivity index (χ3n) is 2.60. The standard InChI is InChI=1S/C12H21NO3/c1-9(14)5-6-10-7-8-13(10)11(15)16-12(2,3)4/h10H,5-8H2,1-4H3. The molecule has 4 heteroatoms. The van der Waals surface area contributed by atoms with E-state index >= 15 is 0 Å². The van der Waals surface area contributed by atoms with Crippen LogP contribution in [0.1, 0.15) is 47.0 Å². The summed E-state index contributed by atoms with van der Waals surface area (Å²) in [5.74, 6) is 0.177. The van der Waals surface area contributed by atoms with Crippen molar-refractivity contribution in [1.29, 1.82) is 0 Å². The minimum absolute atomic E-state index is 0.177. The highest BCUT2D eigenvalue weighted by Crippen LogP contribution is 2.24. The molecular formula is C12H21NO3. The molecule has 0 N–H and O–H groups in total. The summed E-state index contributed by atoms with van der Waals surface area (Å²) in [6.45, 7) is 7.90. The van der Waals surface area contributed by atoms with Crippen molar-refractivity contribution in [1.82, 2.24) is 4.90 Å². The quantitative estimate of drug-likeness (QED) is 0.743. The predicted octanol–water partition coefficient (Wildman–Crippen LogP) is 2.37. The van der Waals surface area contributed by atoms with Gasteiger partial charge in [-0.3, -0.25) is 0 Å². The lowest BCUT2D eigenvalue weighted by Gasteiger charge is -2.41. The molecule has 1 heterocycles. The topological polar surface area (TPSA) is 46.6 Å². The van der Waals surface area contributed by atoms with Gasteiger partial charge < -0.3 is 14.4 Å². The largest absolute Gasteiger partial charge is 0.444 e. The lowest BCUT2D eigenvalue weighted by molar-refractivity contribution is -0.117. The predicted molar refractivity (Wildman–Crippen MR) is 61.3 cm³/mol. The molecule has 1 rings (SSSR count). The van der Waals surface area contributed by atoms with E-state index in [1.54, 1.807) is 11.8 Å². The minimum Gasteiger partial charge on any atom is -0.444 e. The van der Waals surface area contributed by atoms with Gasteiger partial charge in [0.15, 0.2) is 0 Å². The fraction of sp³-hybridized carbons (Fsp3) is 0.833. The van der Waals surface area contributed by atoms with Crippen LogP contribution in [0, 0.1) is 0 Å². The Hall–Kier alpha value is -1.06.